The Hall–Kier alpha value is -2.95. The van der Waals surface area contributed by atoms with Gasteiger partial charge in [-0.15, -0.1) is 0 Å². The summed E-state index contributed by atoms with van der Waals surface area (Å²) in [5, 5.41) is 19.6. The minimum absolute atomic E-state index is 0.0510. The summed E-state index contributed by atoms with van der Waals surface area (Å²) in [6.07, 6.45) is 1.41. The van der Waals surface area contributed by atoms with E-state index in [4.69, 9.17) is 9.47 Å². The van der Waals surface area contributed by atoms with Gasteiger partial charge in [-0.1, -0.05) is 24.3 Å². The van der Waals surface area contributed by atoms with Gasteiger partial charge in [-0.3, -0.25) is 0 Å². The summed E-state index contributed by atoms with van der Waals surface area (Å²) in [4.78, 5) is 11.6. The molecule has 0 aromatic heterocycles. The van der Waals surface area contributed by atoms with Gasteiger partial charge in [0, 0.05) is 5.56 Å². The monoisotopic (exact) mass is 314 g/mol. The Labute approximate surface area is 134 Å². The Morgan fingerprint density at radius 2 is 1.96 bits per heavy atom. The van der Waals surface area contributed by atoms with E-state index in [-0.39, 0.29) is 17.1 Å². The van der Waals surface area contributed by atoms with Gasteiger partial charge in [0.2, 0.25) is 0 Å². The lowest BCUT2D eigenvalue weighted by molar-refractivity contribution is -0.130. The standard InChI is InChI=1S/C18H18O5/c1-3-23-14-8-4-6-12(10-14)15(18(20)21)11-13-7-5-9-16(22-2)17(13)19/h4-11,19H,3H2,1-2H3,(H,20,21)/b15-11-. The Morgan fingerprint density at radius 1 is 1.22 bits per heavy atom. The van der Waals surface area contributed by atoms with Crippen molar-refractivity contribution >= 4 is 17.6 Å². The maximum absolute atomic E-state index is 11.6. The molecule has 2 aromatic carbocycles. The third kappa shape index (κ3) is 3.83. The predicted octanol–water partition coefficient (Wildman–Crippen LogP) is 3.42. The fourth-order valence-electron chi connectivity index (χ4n) is 2.16. The van der Waals surface area contributed by atoms with E-state index >= 15 is 0 Å². The van der Waals surface area contributed by atoms with Crippen molar-refractivity contribution in [2.75, 3.05) is 13.7 Å². The van der Waals surface area contributed by atoms with Crippen LogP contribution in [0.5, 0.6) is 17.2 Å². The molecule has 5 nitrogen and oxygen atoms in total. The molecule has 5 heteroatoms. The maximum atomic E-state index is 11.6. The molecule has 0 unspecified atom stereocenters. The average molecular weight is 314 g/mol. The lowest BCUT2D eigenvalue weighted by atomic mass is 10.0. The molecule has 0 aliphatic rings. The second-order valence-corrected chi connectivity index (χ2v) is 4.72. The molecule has 2 aromatic rings. The van der Waals surface area contributed by atoms with Crippen LogP contribution in [0.1, 0.15) is 18.1 Å². The van der Waals surface area contributed by atoms with E-state index < -0.39 is 5.97 Å². The maximum Gasteiger partial charge on any atom is 0.336 e. The molecule has 0 saturated heterocycles. The highest BCUT2D eigenvalue weighted by Gasteiger charge is 2.14. The normalized spacial score (nSPS) is 11.1. The lowest BCUT2D eigenvalue weighted by Gasteiger charge is -2.09. The van der Waals surface area contributed by atoms with E-state index in [2.05, 4.69) is 0 Å². The van der Waals surface area contributed by atoms with Crippen LogP contribution in [0.3, 0.4) is 0 Å². The van der Waals surface area contributed by atoms with Crippen molar-refractivity contribution in [3.63, 3.8) is 0 Å². The van der Waals surface area contributed by atoms with E-state index in [0.717, 1.165) is 0 Å². The lowest BCUT2D eigenvalue weighted by Crippen LogP contribution is -2.01. The molecule has 2 rings (SSSR count). The minimum atomic E-state index is -1.10. The molecular weight excluding hydrogens is 296 g/mol. The van der Waals surface area contributed by atoms with Crippen molar-refractivity contribution in [2.24, 2.45) is 0 Å². The van der Waals surface area contributed by atoms with E-state index in [9.17, 15) is 15.0 Å². The highest BCUT2D eigenvalue weighted by Crippen LogP contribution is 2.32. The van der Waals surface area contributed by atoms with E-state index in [1.54, 1.807) is 42.5 Å². The van der Waals surface area contributed by atoms with Gasteiger partial charge in [0.05, 0.1) is 19.3 Å². The number of hydrogen-bond donors (Lipinski definition) is 2. The summed E-state index contributed by atoms with van der Waals surface area (Å²) in [5.41, 5.74) is 0.907. The number of rotatable bonds is 6. The van der Waals surface area contributed by atoms with Gasteiger partial charge in [0.1, 0.15) is 5.75 Å². The van der Waals surface area contributed by atoms with Gasteiger partial charge in [-0.05, 0) is 36.8 Å². The molecule has 0 atom stereocenters. The first-order valence-electron chi connectivity index (χ1n) is 7.11. The number of carboxylic acids is 1. The van der Waals surface area contributed by atoms with Gasteiger partial charge < -0.3 is 19.7 Å². The third-order valence-electron chi connectivity index (χ3n) is 3.24. The topological polar surface area (TPSA) is 76.0 Å². The smallest absolute Gasteiger partial charge is 0.336 e. The molecule has 0 aliphatic carbocycles. The predicted molar refractivity (Wildman–Crippen MR) is 87.8 cm³/mol. The second kappa shape index (κ2) is 7.35. The van der Waals surface area contributed by atoms with Crippen LogP contribution in [0, 0.1) is 0 Å². The van der Waals surface area contributed by atoms with Crippen LogP contribution < -0.4 is 9.47 Å². The van der Waals surface area contributed by atoms with Crippen LogP contribution in [0.4, 0.5) is 0 Å². The summed E-state index contributed by atoms with van der Waals surface area (Å²) in [7, 11) is 1.44. The summed E-state index contributed by atoms with van der Waals surface area (Å²) in [6, 6.07) is 11.7. The largest absolute Gasteiger partial charge is 0.504 e. The van der Waals surface area contributed by atoms with Gasteiger partial charge >= 0.3 is 5.97 Å². The van der Waals surface area contributed by atoms with Crippen molar-refractivity contribution in [1.29, 1.82) is 0 Å². The average Bonchev–Trinajstić information content (AvgIpc) is 2.54. The van der Waals surface area contributed by atoms with Gasteiger partial charge in [-0.2, -0.15) is 0 Å². The number of phenols is 1. The number of phenolic OH excluding ortho intramolecular Hbond substituents is 1. The first-order chi connectivity index (χ1) is 11.1. The molecular formula is C18H18O5. The first kappa shape index (κ1) is 16.4. The van der Waals surface area contributed by atoms with Crippen molar-refractivity contribution in [3.8, 4) is 17.2 Å². The van der Waals surface area contributed by atoms with Crippen molar-refractivity contribution < 1.29 is 24.5 Å². The number of benzene rings is 2. The van der Waals surface area contributed by atoms with Crippen molar-refractivity contribution in [1.82, 2.24) is 0 Å². The van der Waals surface area contributed by atoms with Crippen LogP contribution in [0.2, 0.25) is 0 Å². The number of carbonyl (C=O) groups is 1. The van der Waals surface area contributed by atoms with E-state index in [1.165, 1.54) is 13.2 Å². The summed E-state index contributed by atoms with van der Waals surface area (Å²) in [6.45, 7) is 2.35. The molecule has 0 amide bonds. The number of carboxylic acid groups (broad SMARTS) is 1. The molecule has 23 heavy (non-hydrogen) atoms. The van der Waals surface area contributed by atoms with Crippen LogP contribution in [0.25, 0.3) is 11.6 Å². The summed E-state index contributed by atoms with van der Waals surface area (Å²) < 4.78 is 10.4. The van der Waals surface area contributed by atoms with Gasteiger partial charge in [0.15, 0.2) is 11.5 Å². The van der Waals surface area contributed by atoms with Crippen LogP contribution in [-0.4, -0.2) is 29.9 Å². The molecule has 0 heterocycles. The third-order valence-corrected chi connectivity index (χ3v) is 3.24. The van der Waals surface area contributed by atoms with Crippen LogP contribution >= 0.6 is 0 Å². The fourth-order valence-corrected chi connectivity index (χ4v) is 2.16. The molecule has 0 fully saturated rings. The Morgan fingerprint density at radius 3 is 2.61 bits per heavy atom. The minimum Gasteiger partial charge on any atom is -0.504 e. The van der Waals surface area contributed by atoms with Crippen molar-refractivity contribution in [2.45, 2.75) is 6.92 Å². The highest BCUT2D eigenvalue weighted by atomic mass is 16.5. The molecule has 0 bridgehead atoms. The number of para-hydroxylation sites is 1. The number of aliphatic carboxylic acids is 1. The number of methoxy groups -OCH3 is 1. The van der Waals surface area contributed by atoms with Crippen molar-refractivity contribution in [3.05, 3.63) is 53.6 Å². The van der Waals surface area contributed by atoms with E-state index in [1.807, 2.05) is 6.92 Å². The zero-order valence-electron chi connectivity index (χ0n) is 12.9. The Kier molecular flexibility index (Phi) is 5.25. The van der Waals surface area contributed by atoms with Crippen LogP contribution in [0.15, 0.2) is 42.5 Å². The van der Waals surface area contributed by atoms with Gasteiger partial charge in [0.25, 0.3) is 0 Å². The molecule has 0 saturated carbocycles. The zero-order valence-corrected chi connectivity index (χ0v) is 12.9. The molecule has 2 N–H and O–H groups in total. The molecule has 120 valence electrons. The molecule has 0 radical (unpaired) electrons. The fraction of sp³-hybridized carbons (Fsp3) is 0.167. The number of hydrogen-bond acceptors (Lipinski definition) is 4. The first-order valence-corrected chi connectivity index (χ1v) is 7.11. The quantitative estimate of drug-likeness (QED) is 0.631. The SMILES string of the molecule is CCOc1cccc(/C(=C/c2cccc(OC)c2O)C(=O)O)c1. The summed E-state index contributed by atoms with van der Waals surface area (Å²) in [5.74, 6) is -0.325. The van der Waals surface area contributed by atoms with Gasteiger partial charge in [-0.25, -0.2) is 4.79 Å². The number of aromatic hydroxyl groups is 1. The molecule has 0 aliphatic heterocycles. The highest BCUT2D eigenvalue weighted by molar-refractivity contribution is 6.20. The zero-order chi connectivity index (χ0) is 16.8. The Bertz CT molecular complexity index is 734. The van der Waals surface area contributed by atoms with Crippen LogP contribution in [-0.2, 0) is 4.79 Å². The Balaban J connectivity index is 2.51. The number of ether oxygens (including phenoxy) is 2. The summed E-state index contributed by atoms with van der Waals surface area (Å²) >= 11 is 0. The second-order valence-electron chi connectivity index (χ2n) is 4.72. The molecule has 0 spiro atoms. The van der Waals surface area contributed by atoms with E-state index in [0.29, 0.717) is 23.5 Å².